The summed E-state index contributed by atoms with van der Waals surface area (Å²) in [5, 5.41) is 13.9. The maximum absolute atomic E-state index is 12.3. The lowest BCUT2D eigenvalue weighted by Gasteiger charge is -2.17. The van der Waals surface area contributed by atoms with Gasteiger partial charge in [-0.15, -0.1) is 0 Å². The van der Waals surface area contributed by atoms with E-state index in [9.17, 15) is 10.1 Å². The number of ether oxygens (including phenoxy) is 2. The summed E-state index contributed by atoms with van der Waals surface area (Å²) in [5.41, 5.74) is 3.62. The standard InChI is InChI=1S/C23H22ClN5O3/c1-4-14(2)32-21-18(24)10-15(11-19(21)31-3)13-26-29-23-27-20(16-8-6-5-7-9-16)17(12-25)22(30)28-23/h5-11,13-14H,4H2,1-3H3,(H2,27,28,29,30). The fraction of sp³-hybridized carbons (Fsp3) is 0.217. The minimum atomic E-state index is -0.560. The molecule has 0 fully saturated rings. The molecule has 0 saturated carbocycles. The number of aromatic amines is 1. The van der Waals surface area contributed by atoms with E-state index in [1.165, 1.54) is 13.3 Å². The number of nitrogens with one attached hydrogen (secondary N) is 2. The maximum Gasteiger partial charge on any atom is 0.270 e. The molecule has 0 aliphatic rings. The molecule has 2 aromatic carbocycles. The third kappa shape index (κ3) is 5.25. The molecule has 1 unspecified atom stereocenters. The summed E-state index contributed by atoms with van der Waals surface area (Å²) in [6, 6.07) is 14.3. The number of hydrogen-bond acceptors (Lipinski definition) is 7. The average Bonchev–Trinajstić information content (AvgIpc) is 2.80. The largest absolute Gasteiger partial charge is 0.493 e. The lowest BCUT2D eigenvalue weighted by molar-refractivity contribution is 0.208. The van der Waals surface area contributed by atoms with Crippen molar-refractivity contribution in [2.45, 2.75) is 26.4 Å². The van der Waals surface area contributed by atoms with Crippen LogP contribution in [-0.4, -0.2) is 29.4 Å². The molecular weight excluding hydrogens is 430 g/mol. The molecule has 3 rings (SSSR count). The molecule has 0 bridgehead atoms. The number of nitrogens with zero attached hydrogens (tertiary/aromatic N) is 3. The predicted octanol–water partition coefficient (Wildman–Crippen LogP) is 4.59. The Morgan fingerprint density at radius 1 is 1.34 bits per heavy atom. The second kappa shape index (κ2) is 10.5. The number of halogens is 1. The summed E-state index contributed by atoms with van der Waals surface area (Å²) < 4.78 is 11.2. The van der Waals surface area contributed by atoms with Gasteiger partial charge in [-0.2, -0.15) is 10.4 Å². The summed E-state index contributed by atoms with van der Waals surface area (Å²) in [6.45, 7) is 3.96. The minimum Gasteiger partial charge on any atom is -0.493 e. The molecule has 1 atom stereocenters. The van der Waals surface area contributed by atoms with E-state index in [1.54, 1.807) is 36.4 Å². The molecular formula is C23H22ClN5O3. The van der Waals surface area contributed by atoms with Crippen LogP contribution in [0, 0.1) is 11.3 Å². The lowest BCUT2D eigenvalue weighted by atomic mass is 10.1. The highest BCUT2D eigenvalue weighted by Gasteiger charge is 2.15. The van der Waals surface area contributed by atoms with Crippen molar-refractivity contribution in [1.82, 2.24) is 9.97 Å². The van der Waals surface area contributed by atoms with Crippen LogP contribution >= 0.6 is 11.6 Å². The van der Waals surface area contributed by atoms with Crippen LogP contribution in [0.2, 0.25) is 5.02 Å². The molecule has 0 spiro atoms. The molecule has 8 nitrogen and oxygen atoms in total. The first-order valence-electron chi connectivity index (χ1n) is 9.89. The quantitative estimate of drug-likeness (QED) is 0.382. The Bertz CT molecular complexity index is 1220. The van der Waals surface area contributed by atoms with Crippen LogP contribution < -0.4 is 20.5 Å². The average molecular weight is 452 g/mol. The van der Waals surface area contributed by atoms with Gasteiger partial charge in [0.25, 0.3) is 5.56 Å². The van der Waals surface area contributed by atoms with Gasteiger partial charge in [0, 0.05) is 5.56 Å². The van der Waals surface area contributed by atoms with Gasteiger partial charge >= 0.3 is 0 Å². The number of hydrogen-bond donors (Lipinski definition) is 2. The maximum atomic E-state index is 12.3. The Hall–Kier alpha value is -3.83. The van der Waals surface area contributed by atoms with E-state index in [2.05, 4.69) is 20.5 Å². The van der Waals surface area contributed by atoms with E-state index < -0.39 is 5.56 Å². The first kappa shape index (κ1) is 22.8. The summed E-state index contributed by atoms with van der Waals surface area (Å²) in [7, 11) is 1.53. The Kier molecular flexibility index (Phi) is 7.47. The zero-order valence-corrected chi connectivity index (χ0v) is 18.6. The van der Waals surface area contributed by atoms with Crippen molar-refractivity contribution in [1.29, 1.82) is 5.26 Å². The van der Waals surface area contributed by atoms with Gasteiger partial charge < -0.3 is 9.47 Å². The van der Waals surface area contributed by atoms with Crippen LogP contribution in [0.25, 0.3) is 11.3 Å². The van der Waals surface area contributed by atoms with Crippen LogP contribution in [-0.2, 0) is 0 Å². The van der Waals surface area contributed by atoms with Gasteiger partial charge in [-0.25, -0.2) is 10.4 Å². The number of aromatic nitrogens is 2. The first-order chi connectivity index (χ1) is 15.5. The summed E-state index contributed by atoms with van der Waals surface area (Å²) >= 11 is 6.38. The monoisotopic (exact) mass is 451 g/mol. The molecule has 1 heterocycles. The van der Waals surface area contributed by atoms with E-state index in [0.29, 0.717) is 27.6 Å². The van der Waals surface area contributed by atoms with Crippen molar-refractivity contribution in [3.63, 3.8) is 0 Å². The van der Waals surface area contributed by atoms with Crippen molar-refractivity contribution in [3.05, 3.63) is 69.0 Å². The SMILES string of the molecule is CCC(C)Oc1c(Cl)cc(C=NNc2nc(-c3ccccc3)c(C#N)c(=O)[nH]2)cc1OC. The molecule has 1 aromatic heterocycles. The third-order valence-corrected chi connectivity index (χ3v) is 4.89. The Labute approximate surface area is 190 Å². The third-order valence-electron chi connectivity index (χ3n) is 4.61. The fourth-order valence-corrected chi connectivity index (χ4v) is 3.08. The second-order valence-corrected chi connectivity index (χ2v) is 7.26. The van der Waals surface area contributed by atoms with E-state index in [4.69, 9.17) is 21.1 Å². The molecule has 3 aromatic rings. The van der Waals surface area contributed by atoms with Gasteiger partial charge in [0.05, 0.1) is 30.1 Å². The van der Waals surface area contributed by atoms with Gasteiger partial charge in [0.2, 0.25) is 5.95 Å². The van der Waals surface area contributed by atoms with Gasteiger partial charge in [-0.05, 0) is 31.0 Å². The Balaban J connectivity index is 1.86. The second-order valence-electron chi connectivity index (χ2n) is 6.86. The number of nitriles is 1. The van der Waals surface area contributed by atoms with Gasteiger partial charge in [0.15, 0.2) is 11.5 Å². The van der Waals surface area contributed by atoms with Crippen molar-refractivity contribution < 1.29 is 9.47 Å². The number of benzene rings is 2. The highest BCUT2D eigenvalue weighted by atomic mass is 35.5. The smallest absolute Gasteiger partial charge is 0.270 e. The van der Waals surface area contributed by atoms with Crippen molar-refractivity contribution in [2.75, 3.05) is 12.5 Å². The van der Waals surface area contributed by atoms with Crippen molar-refractivity contribution in [2.24, 2.45) is 5.10 Å². The van der Waals surface area contributed by atoms with Crippen LogP contribution in [0.5, 0.6) is 11.5 Å². The van der Waals surface area contributed by atoms with Gasteiger partial charge in [-0.3, -0.25) is 9.78 Å². The molecule has 2 N–H and O–H groups in total. The van der Waals surface area contributed by atoms with Gasteiger partial charge in [-0.1, -0.05) is 48.9 Å². The fourth-order valence-electron chi connectivity index (χ4n) is 2.82. The number of rotatable bonds is 8. The molecule has 0 saturated heterocycles. The highest BCUT2D eigenvalue weighted by molar-refractivity contribution is 6.32. The minimum absolute atomic E-state index is 0.0133. The summed E-state index contributed by atoms with van der Waals surface area (Å²) in [6.07, 6.45) is 2.32. The zero-order valence-electron chi connectivity index (χ0n) is 17.8. The number of hydrazone groups is 1. The first-order valence-corrected chi connectivity index (χ1v) is 10.3. The molecule has 0 aliphatic carbocycles. The van der Waals surface area contributed by atoms with Crippen LogP contribution in [0.3, 0.4) is 0 Å². The predicted molar refractivity (Wildman–Crippen MR) is 125 cm³/mol. The normalized spacial score (nSPS) is 11.7. The molecule has 9 heteroatoms. The van der Waals surface area contributed by atoms with E-state index in [-0.39, 0.29) is 23.3 Å². The van der Waals surface area contributed by atoms with Gasteiger partial charge in [0.1, 0.15) is 11.6 Å². The lowest BCUT2D eigenvalue weighted by Crippen LogP contribution is -2.16. The van der Waals surface area contributed by atoms with Crippen LogP contribution in [0.1, 0.15) is 31.4 Å². The van der Waals surface area contributed by atoms with E-state index in [0.717, 1.165) is 6.42 Å². The molecule has 0 amide bonds. The molecule has 0 radical (unpaired) electrons. The number of anilines is 1. The summed E-state index contributed by atoms with van der Waals surface area (Å²) in [5.74, 6) is 1.05. The number of methoxy groups -OCH3 is 1. The molecule has 0 aliphatic heterocycles. The zero-order chi connectivity index (χ0) is 23.1. The number of H-pyrrole nitrogens is 1. The summed E-state index contributed by atoms with van der Waals surface area (Å²) in [4.78, 5) is 19.2. The highest BCUT2D eigenvalue weighted by Crippen LogP contribution is 2.37. The van der Waals surface area contributed by atoms with Crippen LogP contribution in [0.15, 0.2) is 52.4 Å². The molecule has 32 heavy (non-hydrogen) atoms. The Morgan fingerprint density at radius 2 is 2.09 bits per heavy atom. The van der Waals surface area contributed by atoms with Crippen molar-refractivity contribution >= 4 is 23.8 Å². The topological polar surface area (TPSA) is 112 Å². The Morgan fingerprint density at radius 3 is 2.75 bits per heavy atom. The van der Waals surface area contributed by atoms with E-state index >= 15 is 0 Å². The molecule has 164 valence electrons. The van der Waals surface area contributed by atoms with Crippen LogP contribution in [0.4, 0.5) is 5.95 Å². The van der Waals surface area contributed by atoms with E-state index in [1.807, 2.05) is 26.0 Å². The van der Waals surface area contributed by atoms with Crippen molar-refractivity contribution in [3.8, 4) is 28.8 Å².